The first-order valence-corrected chi connectivity index (χ1v) is 13.0. The van der Waals surface area contributed by atoms with Crippen molar-refractivity contribution in [1.82, 2.24) is 13.9 Å². The van der Waals surface area contributed by atoms with Gasteiger partial charge in [0.2, 0.25) is 26.0 Å². The topological polar surface area (TPSA) is 104 Å². The van der Waals surface area contributed by atoms with Gasteiger partial charge in [0.25, 0.3) is 0 Å². The van der Waals surface area contributed by atoms with Gasteiger partial charge in [0.1, 0.15) is 0 Å². The average Bonchev–Trinajstić information content (AvgIpc) is 2.69. The van der Waals surface area contributed by atoms with Crippen molar-refractivity contribution in [2.45, 2.75) is 36.6 Å². The van der Waals surface area contributed by atoms with Gasteiger partial charge >= 0.3 is 0 Å². The van der Waals surface area contributed by atoms with Crippen molar-refractivity contribution in [3.05, 3.63) is 29.8 Å². The molecule has 8 nitrogen and oxygen atoms in total. The SMILES string of the molecule is CS(=O)(=O)N1CCC(NC(=O)C2CCN(S(=O)(=O)c3ccc(F)c(F)c3)CC2)CC1. The Bertz CT molecular complexity index is 1000. The lowest BCUT2D eigenvalue weighted by molar-refractivity contribution is -0.127. The number of sulfonamides is 2. The summed E-state index contributed by atoms with van der Waals surface area (Å²) in [4.78, 5) is 12.2. The summed E-state index contributed by atoms with van der Waals surface area (Å²) in [6, 6.07) is 2.35. The number of carbonyl (C=O) groups excluding carboxylic acids is 1. The normalized spacial score (nSPS) is 20.9. The number of halogens is 2. The van der Waals surface area contributed by atoms with Crippen LogP contribution in [-0.4, -0.2) is 69.8 Å². The monoisotopic (exact) mass is 465 g/mol. The Hall–Kier alpha value is -1.63. The maximum atomic E-state index is 13.4. The van der Waals surface area contributed by atoms with Crippen LogP contribution < -0.4 is 5.32 Å². The predicted octanol–water partition coefficient (Wildman–Crippen LogP) is 0.906. The molecular formula is C18H25F2N3O5S2. The van der Waals surface area contributed by atoms with Crippen LogP contribution >= 0.6 is 0 Å². The van der Waals surface area contributed by atoms with E-state index in [0.717, 1.165) is 18.4 Å². The molecule has 0 radical (unpaired) electrons. The summed E-state index contributed by atoms with van der Waals surface area (Å²) < 4.78 is 77.4. The zero-order chi connectivity index (χ0) is 22.1. The van der Waals surface area contributed by atoms with Gasteiger partial charge in [-0.3, -0.25) is 4.79 Å². The molecule has 1 amide bonds. The van der Waals surface area contributed by atoms with Gasteiger partial charge in [-0.05, 0) is 43.9 Å². The van der Waals surface area contributed by atoms with Crippen LogP contribution in [0.4, 0.5) is 8.78 Å². The Morgan fingerprint density at radius 2 is 1.50 bits per heavy atom. The molecule has 0 unspecified atom stereocenters. The molecule has 0 atom stereocenters. The van der Waals surface area contributed by atoms with Crippen LogP contribution in [0, 0.1) is 17.6 Å². The van der Waals surface area contributed by atoms with Crippen molar-refractivity contribution < 1.29 is 30.4 Å². The molecule has 30 heavy (non-hydrogen) atoms. The number of hydrogen-bond donors (Lipinski definition) is 1. The minimum atomic E-state index is -3.97. The number of nitrogens with zero attached hydrogens (tertiary/aromatic N) is 2. The standard InChI is InChI=1S/C18H25F2N3O5S2/c1-29(25,26)22-10-6-14(7-11-22)21-18(24)13-4-8-23(9-5-13)30(27,28)15-2-3-16(19)17(20)12-15/h2-3,12-14H,4-11H2,1H3,(H,21,24). The molecule has 2 aliphatic heterocycles. The number of piperidine rings is 2. The van der Waals surface area contributed by atoms with Gasteiger partial charge in [0.05, 0.1) is 11.2 Å². The van der Waals surface area contributed by atoms with Crippen LogP contribution in [0.15, 0.2) is 23.1 Å². The van der Waals surface area contributed by atoms with Crippen molar-refractivity contribution in [2.75, 3.05) is 32.4 Å². The number of carbonyl (C=O) groups is 1. The van der Waals surface area contributed by atoms with E-state index < -0.39 is 31.7 Å². The highest BCUT2D eigenvalue weighted by Gasteiger charge is 2.34. The molecule has 12 heteroatoms. The lowest BCUT2D eigenvalue weighted by Crippen LogP contribution is -2.49. The summed E-state index contributed by atoms with van der Waals surface area (Å²) in [5.41, 5.74) is 0. The molecule has 168 valence electrons. The molecule has 1 aromatic rings. The first-order valence-electron chi connectivity index (χ1n) is 9.69. The van der Waals surface area contributed by atoms with E-state index in [1.165, 1.54) is 8.61 Å². The smallest absolute Gasteiger partial charge is 0.243 e. The van der Waals surface area contributed by atoms with Crippen LogP contribution in [0.25, 0.3) is 0 Å². The van der Waals surface area contributed by atoms with E-state index in [-0.39, 0.29) is 35.9 Å². The van der Waals surface area contributed by atoms with Crippen LogP contribution in [0.3, 0.4) is 0 Å². The van der Waals surface area contributed by atoms with Gasteiger partial charge in [-0.1, -0.05) is 0 Å². The maximum Gasteiger partial charge on any atom is 0.243 e. The van der Waals surface area contributed by atoms with Crippen molar-refractivity contribution in [3.63, 3.8) is 0 Å². The number of hydrogen-bond acceptors (Lipinski definition) is 5. The van der Waals surface area contributed by atoms with Gasteiger partial charge < -0.3 is 5.32 Å². The Kier molecular flexibility index (Phi) is 6.80. The second-order valence-corrected chi connectivity index (χ2v) is 11.6. The Balaban J connectivity index is 1.52. The molecule has 0 bridgehead atoms. The largest absolute Gasteiger partial charge is 0.353 e. The second-order valence-electron chi connectivity index (χ2n) is 7.70. The van der Waals surface area contributed by atoms with Gasteiger partial charge in [-0.25, -0.2) is 29.9 Å². The Morgan fingerprint density at radius 1 is 0.933 bits per heavy atom. The highest BCUT2D eigenvalue weighted by atomic mass is 32.2. The van der Waals surface area contributed by atoms with Crippen LogP contribution in [-0.2, 0) is 24.8 Å². The number of benzene rings is 1. The third kappa shape index (κ3) is 5.16. The van der Waals surface area contributed by atoms with E-state index in [1.54, 1.807) is 0 Å². The molecule has 0 saturated carbocycles. The maximum absolute atomic E-state index is 13.4. The summed E-state index contributed by atoms with van der Waals surface area (Å²) in [6.45, 7) is 0.918. The summed E-state index contributed by atoms with van der Waals surface area (Å²) in [7, 11) is -7.20. The molecule has 3 rings (SSSR count). The molecule has 2 aliphatic rings. The fourth-order valence-corrected chi connectivity index (χ4v) is 6.15. The number of amides is 1. The predicted molar refractivity (Wildman–Crippen MR) is 105 cm³/mol. The molecule has 0 spiro atoms. The van der Waals surface area contributed by atoms with Crippen LogP contribution in [0.1, 0.15) is 25.7 Å². The van der Waals surface area contributed by atoms with Gasteiger partial charge in [-0.2, -0.15) is 4.31 Å². The minimum Gasteiger partial charge on any atom is -0.353 e. The lowest BCUT2D eigenvalue weighted by Gasteiger charge is -2.34. The zero-order valence-electron chi connectivity index (χ0n) is 16.6. The lowest BCUT2D eigenvalue weighted by atomic mass is 9.96. The average molecular weight is 466 g/mol. The zero-order valence-corrected chi connectivity index (χ0v) is 18.2. The summed E-state index contributed by atoms with van der Waals surface area (Å²) in [5.74, 6) is -2.87. The Morgan fingerprint density at radius 3 is 2.03 bits per heavy atom. The second kappa shape index (κ2) is 8.85. The first-order chi connectivity index (χ1) is 14.0. The van der Waals surface area contributed by atoms with Crippen molar-refractivity contribution >= 4 is 26.0 Å². The highest BCUT2D eigenvalue weighted by molar-refractivity contribution is 7.89. The van der Waals surface area contributed by atoms with E-state index in [2.05, 4.69) is 5.32 Å². The quantitative estimate of drug-likeness (QED) is 0.696. The number of nitrogens with one attached hydrogen (secondary N) is 1. The van der Waals surface area contributed by atoms with Gasteiger partial charge in [0, 0.05) is 38.1 Å². The Labute approximate surface area is 175 Å². The minimum absolute atomic E-state index is 0.103. The van der Waals surface area contributed by atoms with Gasteiger partial charge in [-0.15, -0.1) is 0 Å². The van der Waals surface area contributed by atoms with E-state index in [0.29, 0.717) is 44.8 Å². The summed E-state index contributed by atoms with van der Waals surface area (Å²) in [5, 5.41) is 2.94. The molecule has 2 fully saturated rings. The summed E-state index contributed by atoms with van der Waals surface area (Å²) >= 11 is 0. The summed E-state index contributed by atoms with van der Waals surface area (Å²) in [6.07, 6.45) is 2.85. The fraction of sp³-hybridized carbons (Fsp3) is 0.611. The van der Waals surface area contributed by atoms with E-state index in [4.69, 9.17) is 0 Å². The third-order valence-electron chi connectivity index (χ3n) is 5.62. The van der Waals surface area contributed by atoms with Crippen molar-refractivity contribution in [1.29, 1.82) is 0 Å². The molecule has 0 aromatic heterocycles. The van der Waals surface area contributed by atoms with Gasteiger partial charge in [0.15, 0.2) is 11.6 Å². The highest BCUT2D eigenvalue weighted by Crippen LogP contribution is 2.25. The molecule has 0 aliphatic carbocycles. The molecular weight excluding hydrogens is 440 g/mol. The fourth-order valence-electron chi connectivity index (χ4n) is 3.80. The van der Waals surface area contributed by atoms with Crippen molar-refractivity contribution in [3.8, 4) is 0 Å². The third-order valence-corrected chi connectivity index (χ3v) is 8.82. The molecule has 2 heterocycles. The van der Waals surface area contributed by atoms with E-state index in [1.807, 2.05) is 0 Å². The van der Waals surface area contributed by atoms with Crippen molar-refractivity contribution in [2.24, 2.45) is 5.92 Å². The first kappa shape index (κ1) is 23.0. The molecule has 1 aromatic carbocycles. The van der Waals surface area contributed by atoms with E-state index in [9.17, 15) is 30.4 Å². The molecule has 2 saturated heterocycles. The number of rotatable bonds is 5. The van der Waals surface area contributed by atoms with Crippen LogP contribution in [0.2, 0.25) is 0 Å². The van der Waals surface area contributed by atoms with Crippen LogP contribution in [0.5, 0.6) is 0 Å². The molecule has 1 N–H and O–H groups in total. The van der Waals surface area contributed by atoms with E-state index >= 15 is 0 Å².